The average molecular weight is 267 g/mol. The molecule has 2 rings (SSSR count). The summed E-state index contributed by atoms with van der Waals surface area (Å²) in [6, 6.07) is 3.90. The van der Waals surface area contributed by atoms with Crippen molar-refractivity contribution in [2.24, 2.45) is 11.8 Å². The highest BCUT2D eigenvalue weighted by molar-refractivity contribution is 5.22. The maximum Gasteiger partial charge on any atom is 0.128 e. The van der Waals surface area contributed by atoms with Crippen molar-refractivity contribution < 1.29 is 8.78 Å². The summed E-state index contributed by atoms with van der Waals surface area (Å²) in [4.78, 5) is 0. The number of rotatable bonds is 3. The van der Waals surface area contributed by atoms with Crippen molar-refractivity contribution >= 4 is 0 Å². The van der Waals surface area contributed by atoms with Crippen molar-refractivity contribution in [2.75, 3.05) is 0 Å². The van der Waals surface area contributed by atoms with Crippen LogP contribution >= 0.6 is 0 Å². The second kappa shape index (κ2) is 6.00. The van der Waals surface area contributed by atoms with Crippen molar-refractivity contribution in [3.05, 3.63) is 35.4 Å². The van der Waals surface area contributed by atoms with E-state index in [0.717, 1.165) is 18.4 Å². The summed E-state index contributed by atoms with van der Waals surface area (Å²) < 4.78 is 26.9. The normalized spacial score (nSPS) is 29.2. The molecule has 0 spiro atoms. The average Bonchev–Trinajstić information content (AvgIpc) is 2.35. The fourth-order valence-corrected chi connectivity index (χ4v) is 3.17. The first-order chi connectivity index (χ1) is 8.97. The Hall–Kier alpha value is -0.960. The van der Waals surface area contributed by atoms with Crippen LogP contribution in [-0.4, -0.2) is 6.04 Å². The minimum atomic E-state index is -0.379. The second-order valence-electron chi connectivity index (χ2n) is 6.06. The van der Waals surface area contributed by atoms with Crippen molar-refractivity contribution in [2.45, 2.75) is 52.1 Å². The number of benzene rings is 1. The molecule has 0 aliphatic heterocycles. The minimum absolute atomic E-state index is 0.156. The molecule has 1 aliphatic carbocycles. The Morgan fingerprint density at radius 2 is 1.95 bits per heavy atom. The summed E-state index contributed by atoms with van der Waals surface area (Å²) >= 11 is 0. The van der Waals surface area contributed by atoms with Gasteiger partial charge in [-0.15, -0.1) is 0 Å². The Labute approximate surface area is 114 Å². The molecule has 0 saturated heterocycles. The summed E-state index contributed by atoms with van der Waals surface area (Å²) in [7, 11) is 0. The molecule has 1 N–H and O–H groups in total. The lowest BCUT2D eigenvalue weighted by atomic mass is 9.79. The predicted molar refractivity (Wildman–Crippen MR) is 73.9 cm³/mol. The Balaban J connectivity index is 2.04. The fraction of sp³-hybridized carbons (Fsp3) is 0.625. The molecule has 19 heavy (non-hydrogen) atoms. The van der Waals surface area contributed by atoms with Crippen LogP contribution in [0.15, 0.2) is 18.2 Å². The molecule has 0 aromatic heterocycles. The lowest BCUT2D eigenvalue weighted by molar-refractivity contribution is 0.215. The summed E-state index contributed by atoms with van der Waals surface area (Å²) in [5.74, 6) is 0.644. The van der Waals surface area contributed by atoms with Crippen molar-refractivity contribution in [1.82, 2.24) is 5.32 Å². The molecule has 0 heterocycles. The first kappa shape index (κ1) is 14.4. The Morgan fingerprint density at radius 1 is 1.21 bits per heavy atom. The molecular formula is C16H23F2N. The Bertz CT molecular complexity index is 433. The van der Waals surface area contributed by atoms with Gasteiger partial charge in [-0.3, -0.25) is 0 Å². The van der Waals surface area contributed by atoms with Crippen LogP contribution in [0.4, 0.5) is 8.78 Å². The van der Waals surface area contributed by atoms with Gasteiger partial charge >= 0.3 is 0 Å². The summed E-state index contributed by atoms with van der Waals surface area (Å²) in [5.41, 5.74) is 0.422. The van der Waals surface area contributed by atoms with Crippen LogP contribution in [0, 0.1) is 23.5 Å². The molecule has 1 saturated carbocycles. The van der Waals surface area contributed by atoms with Gasteiger partial charge in [0.2, 0.25) is 0 Å². The molecule has 4 unspecified atom stereocenters. The minimum Gasteiger partial charge on any atom is -0.307 e. The highest BCUT2D eigenvalue weighted by Crippen LogP contribution is 2.30. The van der Waals surface area contributed by atoms with E-state index in [1.54, 1.807) is 0 Å². The molecule has 1 aromatic carbocycles. The molecule has 1 aromatic rings. The monoisotopic (exact) mass is 267 g/mol. The van der Waals surface area contributed by atoms with E-state index in [-0.39, 0.29) is 17.7 Å². The third-order valence-electron chi connectivity index (χ3n) is 4.32. The Kier molecular flexibility index (Phi) is 4.56. The van der Waals surface area contributed by atoms with Crippen LogP contribution in [0.2, 0.25) is 0 Å². The van der Waals surface area contributed by atoms with Gasteiger partial charge in [-0.25, -0.2) is 8.78 Å². The van der Waals surface area contributed by atoms with Gasteiger partial charge in [-0.2, -0.15) is 0 Å². The second-order valence-corrected chi connectivity index (χ2v) is 6.06. The first-order valence-electron chi connectivity index (χ1n) is 7.18. The summed E-state index contributed by atoms with van der Waals surface area (Å²) in [6.45, 7) is 6.42. The van der Waals surface area contributed by atoms with Crippen LogP contribution in [0.1, 0.15) is 51.6 Å². The number of hydrogen-bond donors (Lipinski definition) is 1. The highest BCUT2D eigenvalue weighted by atomic mass is 19.1. The zero-order chi connectivity index (χ0) is 14.0. The number of nitrogens with one attached hydrogen (secondary N) is 1. The van der Waals surface area contributed by atoms with Gasteiger partial charge in [0.15, 0.2) is 0 Å². The van der Waals surface area contributed by atoms with Gasteiger partial charge in [0.05, 0.1) is 0 Å². The molecule has 0 radical (unpaired) electrons. The molecule has 4 atom stereocenters. The van der Waals surface area contributed by atoms with Gasteiger partial charge in [0.25, 0.3) is 0 Å². The molecular weight excluding hydrogens is 244 g/mol. The van der Waals surface area contributed by atoms with Crippen LogP contribution in [0.3, 0.4) is 0 Å². The van der Waals surface area contributed by atoms with Crippen LogP contribution in [-0.2, 0) is 0 Å². The SMILES string of the molecule is CC1CCC(NC(C)c2cc(F)ccc2F)C(C)C1. The lowest BCUT2D eigenvalue weighted by Gasteiger charge is -2.35. The third kappa shape index (κ3) is 3.53. The van der Waals surface area contributed by atoms with Gasteiger partial charge < -0.3 is 5.32 Å². The maximum absolute atomic E-state index is 13.7. The van der Waals surface area contributed by atoms with Crippen molar-refractivity contribution in [3.63, 3.8) is 0 Å². The smallest absolute Gasteiger partial charge is 0.128 e. The van der Waals surface area contributed by atoms with Gasteiger partial charge in [-0.1, -0.05) is 13.8 Å². The molecule has 0 bridgehead atoms. The van der Waals surface area contributed by atoms with E-state index in [4.69, 9.17) is 0 Å². The number of hydrogen-bond acceptors (Lipinski definition) is 1. The molecule has 106 valence electrons. The van der Waals surface area contributed by atoms with Crippen molar-refractivity contribution in [1.29, 1.82) is 0 Å². The predicted octanol–water partition coefficient (Wildman–Crippen LogP) is 4.44. The molecule has 3 heteroatoms. The Morgan fingerprint density at radius 3 is 2.63 bits per heavy atom. The van der Waals surface area contributed by atoms with E-state index >= 15 is 0 Å². The fourth-order valence-electron chi connectivity index (χ4n) is 3.17. The zero-order valence-corrected chi connectivity index (χ0v) is 11.9. The molecule has 1 nitrogen and oxygen atoms in total. The van der Waals surface area contributed by atoms with Crippen LogP contribution < -0.4 is 5.32 Å². The van der Waals surface area contributed by atoms with E-state index in [0.29, 0.717) is 17.5 Å². The van der Waals surface area contributed by atoms with Gasteiger partial charge in [0.1, 0.15) is 11.6 Å². The quantitative estimate of drug-likeness (QED) is 0.853. The van der Waals surface area contributed by atoms with E-state index < -0.39 is 0 Å². The standard InChI is InChI=1S/C16H23F2N/c1-10-4-7-16(11(2)8-10)19-12(3)14-9-13(17)5-6-15(14)18/h5-6,9-12,16,19H,4,7-8H2,1-3H3. The van der Waals surface area contributed by atoms with E-state index in [1.165, 1.54) is 25.0 Å². The molecule has 0 amide bonds. The largest absolute Gasteiger partial charge is 0.307 e. The van der Waals surface area contributed by atoms with E-state index in [2.05, 4.69) is 19.2 Å². The molecule has 1 aliphatic rings. The van der Waals surface area contributed by atoms with Gasteiger partial charge in [-0.05, 0) is 56.2 Å². The summed E-state index contributed by atoms with van der Waals surface area (Å²) in [5, 5.41) is 3.47. The lowest BCUT2D eigenvalue weighted by Crippen LogP contribution is -2.40. The van der Waals surface area contributed by atoms with Gasteiger partial charge in [0, 0.05) is 17.6 Å². The van der Waals surface area contributed by atoms with Crippen LogP contribution in [0.5, 0.6) is 0 Å². The highest BCUT2D eigenvalue weighted by Gasteiger charge is 2.27. The van der Waals surface area contributed by atoms with Crippen molar-refractivity contribution in [3.8, 4) is 0 Å². The zero-order valence-electron chi connectivity index (χ0n) is 11.9. The maximum atomic E-state index is 13.7. The molecule has 1 fully saturated rings. The summed E-state index contributed by atoms with van der Waals surface area (Å²) in [6.07, 6.45) is 3.53. The third-order valence-corrected chi connectivity index (χ3v) is 4.32. The van der Waals surface area contributed by atoms with E-state index in [1.807, 2.05) is 6.92 Å². The van der Waals surface area contributed by atoms with E-state index in [9.17, 15) is 8.78 Å². The van der Waals surface area contributed by atoms with Crippen LogP contribution in [0.25, 0.3) is 0 Å². The topological polar surface area (TPSA) is 12.0 Å². The number of halogens is 2. The first-order valence-corrected chi connectivity index (χ1v) is 7.18.